The predicted octanol–water partition coefficient (Wildman–Crippen LogP) is 0.271. The number of rotatable bonds is 2. The van der Waals surface area contributed by atoms with Crippen molar-refractivity contribution in [2.75, 3.05) is 19.3 Å². The number of likely N-dealkylation sites (tertiary alicyclic amines) is 1. The molecule has 1 aromatic rings. The number of hydrogen-bond acceptors (Lipinski definition) is 5. The normalized spacial score (nSPS) is 24.8. The van der Waals surface area contributed by atoms with Gasteiger partial charge in [0.05, 0.1) is 0 Å². The van der Waals surface area contributed by atoms with Crippen LogP contribution in [0, 0.1) is 0 Å². The summed E-state index contributed by atoms with van der Waals surface area (Å²) in [4.78, 5) is 14.2. The zero-order valence-corrected chi connectivity index (χ0v) is 10.8. The zero-order valence-electron chi connectivity index (χ0n) is 10.8. The number of nitrogens with one attached hydrogen (secondary N) is 1. The van der Waals surface area contributed by atoms with E-state index < -0.39 is 0 Å². The van der Waals surface area contributed by atoms with Crippen molar-refractivity contribution in [1.29, 1.82) is 0 Å². The Hall–Kier alpha value is -1.69. The number of anilines is 1. The van der Waals surface area contributed by atoms with Gasteiger partial charge in [0.25, 0.3) is 5.91 Å². The van der Waals surface area contributed by atoms with Gasteiger partial charge in [0.1, 0.15) is 5.82 Å². The lowest BCUT2D eigenvalue weighted by molar-refractivity contribution is 0.0890. The predicted molar refractivity (Wildman–Crippen MR) is 69.0 cm³/mol. The minimum atomic E-state index is -0.177. The highest BCUT2D eigenvalue weighted by atomic mass is 16.2. The molecule has 1 fully saturated rings. The molecule has 2 unspecified atom stereocenters. The van der Waals surface area contributed by atoms with Crippen LogP contribution < -0.4 is 11.1 Å². The molecule has 1 aromatic heterocycles. The van der Waals surface area contributed by atoms with Crippen LogP contribution >= 0.6 is 0 Å². The molecule has 0 radical (unpaired) electrons. The van der Waals surface area contributed by atoms with Crippen LogP contribution in [-0.2, 0) is 0 Å². The number of nitrogen functional groups attached to an aromatic ring is 1. The first-order valence-corrected chi connectivity index (χ1v) is 6.16. The molecule has 1 aliphatic heterocycles. The first-order valence-electron chi connectivity index (χ1n) is 6.16. The molecule has 1 amide bonds. The second-order valence-corrected chi connectivity index (χ2v) is 4.87. The highest BCUT2D eigenvalue weighted by molar-refractivity contribution is 5.92. The van der Waals surface area contributed by atoms with Crippen molar-refractivity contribution < 1.29 is 4.79 Å². The summed E-state index contributed by atoms with van der Waals surface area (Å²) in [6.45, 7) is 3.17. The third kappa shape index (κ3) is 2.95. The number of carbonyl (C=O) groups is 1. The van der Waals surface area contributed by atoms with Gasteiger partial charge in [-0.05, 0) is 38.9 Å². The van der Waals surface area contributed by atoms with E-state index in [0.29, 0.717) is 17.6 Å². The number of hydrogen-bond donors (Lipinski definition) is 2. The van der Waals surface area contributed by atoms with Crippen molar-refractivity contribution in [2.45, 2.75) is 31.8 Å². The second kappa shape index (κ2) is 5.30. The molecule has 0 spiro atoms. The standard InChI is InChI=1S/C12H19N5O/c1-8-7-9(5-6-17(8)2)14-12(18)10-3-4-11(13)16-15-10/h3-4,8-9H,5-7H2,1-2H3,(H2,13,16)(H,14,18). The minimum absolute atomic E-state index is 0.177. The van der Waals surface area contributed by atoms with Gasteiger partial charge in [-0.2, -0.15) is 0 Å². The fourth-order valence-corrected chi connectivity index (χ4v) is 2.14. The largest absolute Gasteiger partial charge is 0.382 e. The van der Waals surface area contributed by atoms with Gasteiger partial charge in [0.15, 0.2) is 5.69 Å². The quantitative estimate of drug-likeness (QED) is 0.786. The summed E-state index contributed by atoms with van der Waals surface area (Å²) in [6.07, 6.45) is 1.93. The third-order valence-electron chi connectivity index (χ3n) is 3.46. The van der Waals surface area contributed by atoms with Crippen molar-refractivity contribution in [3.63, 3.8) is 0 Å². The molecule has 0 bridgehead atoms. The van der Waals surface area contributed by atoms with Crippen molar-refractivity contribution >= 4 is 11.7 Å². The van der Waals surface area contributed by atoms with Gasteiger partial charge in [0, 0.05) is 18.6 Å². The smallest absolute Gasteiger partial charge is 0.272 e. The number of carbonyl (C=O) groups excluding carboxylic acids is 1. The molecule has 2 rings (SSSR count). The number of amides is 1. The van der Waals surface area contributed by atoms with Crippen LogP contribution in [0.5, 0.6) is 0 Å². The first-order chi connectivity index (χ1) is 8.56. The van der Waals surface area contributed by atoms with E-state index in [2.05, 4.69) is 34.4 Å². The maximum Gasteiger partial charge on any atom is 0.272 e. The van der Waals surface area contributed by atoms with E-state index in [1.807, 2.05) is 0 Å². The lowest BCUT2D eigenvalue weighted by Gasteiger charge is -2.35. The lowest BCUT2D eigenvalue weighted by atomic mass is 9.99. The van der Waals surface area contributed by atoms with Crippen molar-refractivity contribution in [2.24, 2.45) is 0 Å². The molecule has 6 heteroatoms. The summed E-state index contributed by atoms with van der Waals surface area (Å²) in [5, 5.41) is 10.5. The number of aromatic nitrogens is 2. The molecule has 0 saturated carbocycles. The zero-order chi connectivity index (χ0) is 13.1. The lowest BCUT2D eigenvalue weighted by Crippen LogP contribution is -2.47. The summed E-state index contributed by atoms with van der Waals surface area (Å²) in [5.41, 5.74) is 5.75. The molecule has 0 aromatic carbocycles. The summed E-state index contributed by atoms with van der Waals surface area (Å²) in [6, 6.07) is 3.87. The van der Waals surface area contributed by atoms with E-state index in [1.54, 1.807) is 12.1 Å². The number of piperidine rings is 1. The molecular weight excluding hydrogens is 230 g/mol. The van der Waals surface area contributed by atoms with Crippen LogP contribution in [-0.4, -0.2) is 46.7 Å². The van der Waals surface area contributed by atoms with Crippen LogP contribution in [0.1, 0.15) is 30.3 Å². The van der Waals surface area contributed by atoms with E-state index >= 15 is 0 Å². The molecule has 18 heavy (non-hydrogen) atoms. The Labute approximate surface area is 107 Å². The van der Waals surface area contributed by atoms with Crippen LogP contribution in [0.25, 0.3) is 0 Å². The Morgan fingerprint density at radius 3 is 2.89 bits per heavy atom. The van der Waals surface area contributed by atoms with Gasteiger partial charge in [-0.1, -0.05) is 0 Å². The average molecular weight is 249 g/mol. The number of nitrogens with zero attached hydrogens (tertiary/aromatic N) is 3. The van der Waals surface area contributed by atoms with E-state index in [0.717, 1.165) is 19.4 Å². The fourth-order valence-electron chi connectivity index (χ4n) is 2.14. The summed E-state index contributed by atoms with van der Waals surface area (Å²) in [5.74, 6) is 0.142. The Balaban J connectivity index is 1.93. The SMILES string of the molecule is CC1CC(NC(=O)c2ccc(N)nn2)CCN1C. The Kier molecular flexibility index (Phi) is 3.76. The fraction of sp³-hybridized carbons (Fsp3) is 0.583. The maximum atomic E-state index is 11.9. The first kappa shape index (κ1) is 12.8. The van der Waals surface area contributed by atoms with E-state index in [9.17, 15) is 4.79 Å². The highest BCUT2D eigenvalue weighted by Gasteiger charge is 2.24. The highest BCUT2D eigenvalue weighted by Crippen LogP contribution is 2.15. The summed E-state index contributed by atoms with van der Waals surface area (Å²) >= 11 is 0. The second-order valence-electron chi connectivity index (χ2n) is 4.87. The van der Waals surface area contributed by atoms with Crippen LogP contribution in [0.15, 0.2) is 12.1 Å². The summed E-state index contributed by atoms with van der Waals surface area (Å²) < 4.78 is 0. The Morgan fingerprint density at radius 1 is 1.50 bits per heavy atom. The number of nitrogens with two attached hydrogens (primary N) is 1. The Bertz CT molecular complexity index is 419. The van der Waals surface area contributed by atoms with E-state index in [4.69, 9.17) is 5.73 Å². The Morgan fingerprint density at radius 2 is 2.28 bits per heavy atom. The molecule has 0 aliphatic carbocycles. The molecule has 98 valence electrons. The van der Waals surface area contributed by atoms with Crippen molar-refractivity contribution in [3.05, 3.63) is 17.8 Å². The van der Waals surface area contributed by atoms with Gasteiger partial charge in [-0.15, -0.1) is 10.2 Å². The van der Waals surface area contributed by atoms with E-state index in [1.165, 1.54) is 0 Å². The molecule has 3 N–H and O–H groups in total. The van der Waals surface area contributed by atoms with Gasteiger partial charge >= 0.3 is 0 Å². The molecule has 1 aliphatic rings. The summed E-state index contributed by atoms with van der Waals surface area (Å²) in [7, 11) is 2.11. The third-order valence-corrected chi connectivity index (χ3v) is 3.46. The maximum absolute atomic E-state index is 11.9. The monoisotopic (exact) mass is 249 g/mol. The average Bonchev–Trinajstić information content (AvgIpc) is 2.34. The van der Waals surface area contributed by atoms with Crippen LogP contribution in [0.2, 0.25) is 0 Å². The molecule has 1 saturated heterocycles. The van der Waals surface area contributed by atoms with Crippen LogP contribution in [0.4, 0.5) is 5.82 Å². The van der Waals surface area contributed by atoms with Gasteiger partial charge < -0.3 is 16.0 Å². The topological polar surface area (TPSA) is 84.1 Å². The van der Waals surface area contributed by atoms with Gasteiger partial charge in [0.2, 0.25) is 0 Å². The van der Waals surface area contributed by atoms with Crippen LogP contribution in [0.3, 0.4) is 0 Å². The van der Waals surface area contributed by atoms with Gasteiger partial charge in [-0.3, -0.25) is 4.79 Å². The molecular formula is C12H19N5O. The molecule has 2 heterocycles. The minimum Gasteiger partial charge on any atom is -0.382 e. The molecule has 6 nitrogen and oxygen atoms in total. The van der Waals surface area contributed by atoms with Crippen molar-refractivity contribution in [1.82, 2.24) is 20.4 Å². The molecule has 2 atom stereocenters. The van der Waals surface area contributed by atoms with E-state index in [-0.39, 0.29) is 11.9 Å². The van der Waals surface area contributed by atoms with Crippen molar-refractivity contribution in [3.8, 4) is 0 Å². The van der Waals surface area contributed by atoms with Gasteiger partial charge in [-0.25, -0.2) is 0 Å².